The van der Waals surface area contributed by atoms with E-state index in [9.17, 15) is 9.18 Å². The lowest BCUT2D eigenvalue weighted by atomic mass is 9.68. The lowest BCUT2D eigenvalue weighted by molar-refractivity contribution is -0.140. The Hall–Kier alpha value is -1.38. The van der Waals surface area contributed by atoms with Crippen LogP contribution >= 0.6 is 0 Å². The Morgan fingerprint density at radius 1 is 0.750 bits per heavy atom. The van der Waals surface area contributed by atoms with Gasteiger partial charge in [-0.15, -0.1) is 0 Å². The molecule has 2 nitrogen and oxygen atoms in total. The van der Waals surface area contributed by atoms with E-state index in [1.54, 1.807) is 6.07 Å². The van der Waals surface area contributed by atoms with Gasteiger partial charge in [0.1, 0.15) is 11.6 Å². The zero-order valence-electron chi connectivity index (χ0n) is 23.1. The van der Waals surface area contributed by atoms with Gasteiger partial charge in [-0.3, -0.25) is 4.79 Å². The summed E-state index contributed by atoms with van der Waals surface area (Å²) in [6.07, 6.45) is 22.4. The molecule has 0 aromatic heterocycles. The molecule has 1 aromatic rings. The number of aryl methyl sites for hydroxylation is 1. The Morgan fingerprint density at radius 3 is 1.75 bits per heavy atom. The van der Waals surface area contributed by atoms with Crippen LogP contribution < -0.4 is 4.74 Å². The highest BCUT2D eigenvalue weighted by atomic mass is 19.1. The molecule has 3 aliphatic carbocycles. The topological polar surface area (TPSA) is 26.3 Å². The van der Waals surface area contributed by atoms with Crippen molar-refractivity contribution in [1.82, 2.24) is 0 Å². The number of hydrogen-bond acceptors (Lipinski definition) is 2. The van der Waals surface area contributed by atoms with Crippen molar-refractivity contribution in [3.63, 3.8) is 0 Å². The molecular formula is C33H51FO2. The third-order valence-electron chi connectivity index (χ3n) is 10.1. The van der Waals surface area contributed by atoms with Crippen molar-refractivity contribution in [2.24, 2.45) is 35.5 Å². The Kier molecular flexibility index (Phi) is 10.7. The summed E-state index contributed by atoms with van der Waals surface area (Å²) in [5, 5.41) is 0. The van der Waals surface area contributed by atoms with E-state index >= 15 is 0 Å². The van der Waals surface area contributed by atoms with Crippen molar-refractivity contribution in [3.05, 3.63) is 29.6 Å². The minimum absolute atomic E-state index is 0.0256. The molecule has 202 valence electrons. The maximum atomic E-state index is 14.8. The van der Waals surface area contributed by atoms with Crippen LogP contribution in [0.3, 0.4) is 0 Å². The predicted octanol–water partition coefficient (Wildman–Crippen LogP) is 9.68. The van der Waals surface area contributed by atoms with Crippen LogP contribution in [0.25, 0.3) is 0 Å². The summed E-state index contributed by atoms with van der Waals surface area (Å²) >= 11 is 0. The largest absolute Gasteiger partial charge is 0.426 e. The number of benzene rings is 1. The quantitative estimate of drug-likeness (QED) is 0.237. The van der Waals surface area contributed by atoms with Gasteiger partial charge in [0.2, 0.25) is 0 Å². The first kappa shape index (κ1) is 27.6. The van der Waals surface area contributed by atoms with E-state index in [-0.39, 0.29) is 17.7 Å². The molecule has 0 radical (unpaired) electrons. The van der Waals surface area contributed by atoms with Gasteiger partial charge in [-0.1, -0.05) is 71.3 Å². The van der Waals surface area contributed by atoms with Crippen molar-refractivity contribution < 1.29 is 13.9 Å². The molecule has 1 aromatic carbocycles. The molecule has 0 heterocycles. The summed E-state index contributed by atoms with van der Waals surface area (Å²) in [4.78, 5) is 12.6. The molecular weight excluding hydrogens is 447 g/mol. The molecule has 0 atom stereocenters. The van der Waals surface area contributed by atoms with Crippen molar-refractivity contribution in [3.8, 4) is 5.75 Å². The third kappa shape index (κ3) is 7.81. The molecule has 0 bridgehead atoms. The number of carbonyl (C=O) groups is 1. The molecule has 3 aliphatic rings. The smallest absolute Gasteiger partial charge is 0.314 e. The molecule has 0 unspecified atom stereocenters. The fourth-order valence-electron chi connectivity index (χ4n) is 7.75. The van der Waals surface area contributed by atoms with Crippen molar-refractivity contribution >= 4 is 5.97 Å². The summed E-state index contributed by atoms with van der Waals surface area (Å²) < 4.78 is 20.4. The zero-order valence-corrected chi connectivity index (χ0v) is 23.1. The monoisotopic (exact) mass is 498 g/mol. The van der Waals surface area contributed by atoms with E-state index in [1.807, 2.05) is 6.07 Å². The van der Waals surface area contributed by atoms with Crippen molar-refractivity contribution in [2.75, 3.05) is 0 Å². The Bertz CT molecular complexity index is 796. The van der Waals surface area contributed by atoms with Gasteiger partial charge >= 0.3 is 5.97 Å². The fraction of sp³-hybridized carbons (Fsp3) is 0.788. The van der Waals surface area contributed by atoms with E-state index in [1.165, 1.54) is 83.1 Å². The number of halogens is 1. The van der Waals surface area contributed by atoms with Crippen LogP contribution in [0.5, 0.6) is 5.75 Å². The first-order valence-electron chi connectivity index (χ1n) is 15.6. The van der Waals surface area contributed by atoms with Crippen LogP contribution in [-0.4, -0.2) is 5.97 Å². The van der Waals surface area contributed by atoms with Gasteiger partial charge in [0.05, 0.1) is 5.92 Å². The highest BCUT2D eigenvalue weighted by Gasteiger charge is 2.31. The molecule has 0 spiro atoms. The Labute approximate surface area is 220 Å². The number of carbonyl (C=O) groups excluding carboxylic acids is 1. The summed E-state index contributed by atoms with van der Waals surface area (Å²) in [5.74, 6) is 4.35. The summed E-state index contributed by atoms with van der Waals surface area (Å²) in [7, 11) is 0. The van der Waals surface area contributed by atoms with E-state index in [0.29, 0.717) is 5.75 Å². The van der Waals surface area contributed by atoms with Gasteiger partial charge in [-0.05, 0) is 105 Å². The van der Waals surface area contributed by atoms with Gasteiger partial charge < -0.3 is 4.74 Å². The Balaban J connectivity index is 1.16. The molecule has 0 saturated heterocycles. The van der Waals surface area contributed by atoms with Gasteiger partial charge in [-0.25, -0.2) is 4.39 Å². The molecule has 0 N–H and O–H groups in total. The molecule has 3 saturated carbocycles. The van der Waals surface area contributed by atoms with Crippen LogP contribution in [0.15, 0.2) is 18.2 Å². The van der Waals surface area contributed by atoms with Crippen molar-refractivity contribution in [1.29, 1.82) is 0 Å². The van der Waals surface area contributed by atoms with E-state index in [0.717, 1.165) is 73.7 Å². The number of ether oxygens (including phenoxy) is 1. The highest BCUT2D eigenvalue weighted by Crippen LogP contribution is 2.43. The molecule has 4 rings (SSSR count). The summed E-state index contributed by atoms with van der Waals surface area (Å²) in [6, 6.07) is 5.07. The highest BCUT2D eigenvalue weighted by molar-refractivity contribution is 5.75. The maximum Gasteiger partial charge on any atom is 0.314 e. The molecule has 3 heteroatoms. The Morgan fingerprint density at radius 2 is 1.25 bits per heavy atom. The SMILES string of the molecule is CCCC1CCC(C(=O)Oc2ccc(CCC3CCC(C4CCC(CCC)CC4)CC3)c(F)c2)CC1. The average Bonchev–Trinajstić information content (AvgIpc) is 2.90. The van der Waals surface area contributed by atoms with Gasteiger partial charge in [0.25, 0.3) is 0 Å². The molecule has 3 fully saturated rings. The van der Waals surface area contributed by atoms with Crippen LogP contribution in [0.2, 0.25) is 0 Å². The first-order valence-corrected chi connectivity index (χ1v) is 15.6. The molecule has 0 amide bonds. The van der Waals surface area contributed by atoms with Crippen LogP contribution in [-0.2, 0) is 11.2 Å². The summed E-state index contributed by atoms with van der Waals surface area (Å²) in [6.45, 7) is 4.55. The maximum absolute atomic E-state index is 14.8. The second-order valence-corrected chi connectivity index (χ2v) is 12.6. The van der Waals surface area contributed by atoms with Crippen LogP contribution in [0.1, 0.15) is 129 Å². The standard InChI is InChI=1S/C33H51FO2/c1-3-5-24-7-14-27(15-8-24)28-16-9-26(10-17-28)11-18-29-21-22-31(23-32(29)34)36-33(35)30-19-12-25(6-4-2)13-20-30/h21-28,30H,3-20H2,1-2H3. The number of esters is 1. The third-order valence-corrected chi connectivity index (χ3v) is 10.1. The number of hydrogen-bond donors (Lipinski definition) is 0. The van der Waals surface area contributed by atoms with Crippen molar-refractivity contribution in [2.45, 2.75) is 129 Å². The normalized spacial score (nSPS) is 31.2. The second kappa shape index (κ2) is 14.0. The summed E-state index contributed by atoms with van der Waals surface area (Å²) in [5.41, 5.74) is 0.770. The van der Waals surface area contributed by atoms with Gasteiger partial charge in [-0.2, -0.15) is 0 Å². The average molecular weight is 499 g/mol. The van der Waals surface area contributed by atoms with Crippen LogP contribution in [0, 0.1) is 41.3 Å². The van der Waals surface area contributed by atoms with E-state index < -0.39 is 0 Å². The first-order chi connectivity index (χ1) is 17.6. The molecule has 0 aliphatic heterocycles. The van der Waals surface area contributed by atoms with E-state index in [4.69, 9.17) is 4.74 Å². The zero-order chi connectivity index (χ0) is 25.3. The van der Waals surface area contributed by atoms with E-state index in [2.05, 4.69) is 13.8 Å². The fourth-order valence-corrected chi connectivity index (χ4v) is 7.75. The minimum atomic E-state index is -0.218. The second-order valence-electron chi connectivity index (χ2n) is 12.6. The van der Waals surface area contributed by atoms with Crippen LogP contribution in [0.4, 0.5) is 4.39 Å². The lowest BCUT2D eigenvalue weighted by Crippen LogP contribution is -2.26. The molecule has 36 heavy (non-hydrogen) atoms. The van der Waals surface area contributed by atoms with Gasteiger partial charge in [0, 0.05) is 6.07 Å². The predicted molar refractivity (Wildman–Crippen MR) is 147 cm³/mol. The number of rotatable bonds is 10. The minimum Gasteiger partial charge on any atom is -0.426 e. The van der Waals surface area contributed by atoms with Gasteiger partial charge in [0.15, 0.2) is 0 Å². The lowest BCUT2D eigenvalue weighted by Gasteiger charge is -2.38.